The number of carbonyl (C=O) groups is 1. The van der Waals surface area contributed by atoms with Crippen LogP contribution in [0.3, 0.4) is 0 Å². The molecule has 3 heterocycles. The highest BCUT2D eigenvalue weighted by molar-refractivity contribution is 6.00. The number of nitrogens with zero attached hydrogens (tertiary/aromatic N) is 3. The second-order valence-corrected chi connectivity index (χ2v) is 7.90. The number of amides is 2. The Labute approximate surface area is 200 Å². The highest BCUT2D eigenvalue weighted by Gasteiger charge is 2.20. The van der Waals surface area contributed by atoms with Gasteiger partial charge in [-0.25, -0.2) is 18.6 Å². The number of nitrogens with one attached hydrogen (secondary N) is 3. The summed E-state index contributed by atoms with van der Waals surface area (Å²) in [5, 5.41) is 5.08. The smallest absolute Gasteiger partial charge is 0.323 e. The van der Waals surface area contributed by atoms with Gasteiger partial charge in [0.1, 0.15) is 11.6 Å². The van der Waals surface area contributed by atoms with Crippen LogP contribution in [0.5, 0.6) is 0 Å². The van der Waals surface area contributed by atoms with Crippen LogP contribution in [-0.4, -0.2) is 47.3 Å². The van der Waals surface area contributed by atoms with Crippen LogP contribution in [0.2, 0.25) is 0 Å². The zero-order chi connectivity index (χ0) is 24.2. The number of morpholine rings is 1. The summed E-state index contributed by atoms with van der Waals surface area (Å²) in [7, 11) is 0. The third-order valence-electron chi connectivity index (χ3n) is 5.54. The van der Waals surface area contributed by atoms with Gasteiger partial charge < -0.3 is 25.3 Å². The van der Waals surface area contributed by atoms with E-state index in [0.717, 1.165) is 41.9 Å². The number of halogens is 2. The highest BCUT2D eigenvalue weighted by atomic mass is 19.1. The lowest BCUT2D eigenvalue weighted by molar-refractivity contribution is 0.122. The molecule has 0 saturated carbocycles. The topological polar surface area (TPSA) is 95.2 Å². The lowest BCUT2D eigenvalue weighted by atomic mass is 10.1. The maximum absolute atomic E-state index is 13.9. The van der Waals surface area contributed by atoms with Gasteiger partial charge in [0.15, 0.2) is 0 Å². The van der Waals surface area contributed by atoms with Gasteiger partial charge in [-0.3, -0.25) is 4.98 Å². The van der Waals surface area contributed by atoms with Crippen molar-refractivity contribution in [2.24, 2.45) is 0 Å². The van der Waals surface area contributed by atoms with Crippen molar-refractivity contribution in [2.75, 3.05) is 41.8 Å². The van der Waals surface area contributed by atoms with E-state index in [1.165, 1.54) is 6.07 Å². The number of H-pyrrole nitrogens is 1. The Balaban J connectivity index is 1.42. The molecule has 0 aliphatic carbocycles. The Hall–Kier alpha value is -4.31. The summed E-state index contributed by atoms with van der Waals surface area (Å²) in [4.78, 5) is 27.0. The third-order valence-corrected chi connectivity index (χ3v) is 5.54. The number of ether oxygens (including phenoxy) is 1. The minimum atomic E-state index is -0.858. The van der Waals surface area contributed by atoms with E-state index in [0.29, 0.717) is 30.7 Å². The predicted octanol–water partition coefficient (Wildman–Crippen LogP) is 4.90. The molecule has 1 saturated heterocycles. The number of aromatic amines is 1. The molecule has 1 aliphatic rings. The van der Waals surface area contributed by atoms with E-state index in [2.05, 4.69) is 25.5 Å². The first-order valence-corrected chi connectivity index (χ1v) is 11.0. The molecule has 35 heavy (non-hydrogen) atoms. The van der Waals surface area contributed by atoms with Crippen molar-refractivity contribution in [1.29, 1.82) is 0 Å². The minimum absolute atomic E-state index is 0.123. The minimum Gasteiger partial charge on any atom is -0.378 e. The van der Waals surface area contributed by atoms with Gasteiger partial charge in [-0.1, -0.05) is 12.1 Å². The largest absolute Gasteiger partial charge is 0.378 e. The molecular weight excluding hydrogens is 454 g/mol. The van der Waals surface area contributed by atoms with Crippen molar-refractivity contribution >= 4 is 23.4 Å². The fourth-order valence-electron chi connectivity index (χ4n) is 3.84. The lowest BCUT2D eigenvalue weighted by Crippen LogP contribution is -2.36. The Kier molecular flexibility index (Phi) is 6.36. The number of imidazole rings is 1. The molecule has 1 aliphatic heterocycles. The average Bonchev–Trinajstić information content (AvgIpc) is 3.33. The van der Waals surface area contributed by atoms with Gasteiger partial charge in [0.2, 0.25) is 5.95 Å². The van der Waals surface area contributed by atoms with E-state index in [4.69, 9.17) is 9.72 Å². The van der Waals surface area contributed by atoms with E-state index in [-0.39, 0.29) is 5.69 Å². The second-order valence-electron chi connectivity index (χ2n) is 7.90. The fraction of sp³-hybridized carbons (Fsp3) is 0.160. The van der Waals surface area contributed by atoms with Crippen LogP contribution in [0.4, 0.5) is 30.9 Å². The summed E-state index contributed by atoms with van der Waals surface area (Å²) in [5.74, 6) is -0.845. The van der Waals surface area contributed by atoms with Crippen molar-refractivity contribution in [1.82, 2.24) is 15.0 Å². The number of aromatic nitrogens is 3. The number of anilines is 3. The Bertz CT molecular complexity index is 1340. The van der Waals surface area contributed by atoms with E-state index in [9.17, 15) is 13.6 Å². The van der Waals surface area contributed by atoms with E-state index in [1.54, 1.807) is 30.6 Å². The van der Waals surface area contributed by atoms with Crippen LogP contribution < -0.4 is 15.5 Å². The maximum Gasteiger partial charge on any atom is 0.323 e. The summed E-state index contributed by atoms with van der Waals surface area (Å²) >= 11 is 0. The van der Waals surface area contributed by atoms with E-state index >= 15 is 0 Å². The van der Waals surface area contributed by atoms with Gasteiger partial charge in [0.25, 0.3) is 0 Å². The molecule has 0 unspecified atom stereocenters. The summed E-state index contributed by atoms with van der Waals surface area (Å²) in [6, 6.07) is 13.3. The summed E-state index contributed by atoms with van der Waals surface area (Å²) in [6.45, 7) is 2.71. The number of hydrogen-bond donors (Lipinski definition) is 3. The van der Waals surface area contributed by atoms with Gasteiger partial charge in [0.05, 0.1) is 30.3 Å². The molecule has 178 valence electrons. The van der Waals surface area contributed by atoms with Gasteiger partial charge in [-0.15, -0.1) is 0 Å². The number of benzene rings is 2. The van der Waals surface area contributed by atoms with Crippen molar-refractivity contribution in [2.45, 2.75) is 0 Å². The predicted molar refractivity (Wildman–Crippen MR) is 129 cm³/mol. The fourth-order valence-corrected chi connectivity index (χ4v) is 3.84. The maximum atomic E-state index is 13.9. The summed E-state index contributed by atoms with van der Waals surface area (Å²) in [5.41, 5.74) is 3.60. The molecule has 2 aromatic carbocycles. The molecule has 8 nitrogen and oxygen atoms in total. The third kappa shape index (κ3) is 5.12. The van der Waals surface area contributed by atoms with Crippen LogP contribution in [0.15, 0.2) is 67.0 Å². The molecular formula is C25H22F2N6O2. The van der Waals surface area contributed by atoms with Crippen LogP contribution in [0.1, 0.15) is 0 Å². The Morgan fingerprint density at radius 2 is 1.77 bits per heavy atom. The van der Waals surface area contributed by atoms with Crippen LogP contribution >= 0.6 is 0 Å². The zero-order valence-electron chi connectivity index (χ0n) is 18.6. The number of hydrogen-bond acceptors (Lipinski definition) is 5. The molecule has 3 N–H and O–H groups in total. The molecule has 0 atom stereocenters. The van der Waals surface area contributed by atoms with E-state index in [1.807, 2.05) is 18.2 Å². The summed E-state index contributed by atoms with van der Waals surface area (Å²) in [6.07, 6.45) is 3.43. The van der Waals surface area contributed by atoms with Gasteiger partial charge in [0, 0.05) is 48.4 Å². The average molecular weight is 476 g/mol. The Morgan fingerprint density at radius 3 is 2.54 bits per heavy atom. The van der Waals surface area contributed by atoms with E-state index < -0.39 is 17.7 Å². The Morgan fingerprint density at radius 1 is 0.971 bits per heavy atom. The first-order valence-electron chi connectivity index (χ1n) is 11.0. The molecule has 0 radical (unpaired) electrons. The SMILES string of the molecule is O=C(Nc1cccc(-c2nc(N3CCOCC3)[nH]c2-c2ccncc2)c1)Nc1ccc(F)cc1F. The highest BCUT2D eigenvalue weighted by Crippen LogP contribution is 2.33. The van der Waals surface area contributed by atoms with Gasteiger partial charge >= 0.3 is 6.03 Å². The molecule has 5 rings (SSSR count). The quantitative estimate of drug-likeness (QED) is 0.381. The van der Waals surface area contributed by atoms with Crippen molar-refractivity contribution in [3.05, 3.63) is 78.6 Å². The van der Waals surface area contributed by atoms with Crippen LogP contribution in [0, 0.1) is 11.6 Å². The first kappa shape index (κ1) is 22.5. The standard InChI is InChI=1S/C25H22F2N6O2/c26-18-4-5-21(20(27)15-18)30-25(34)29-19-3-1-2-17(14-19)23-22(16-6-8-28-9-7-16)31-24(32-23)33-10-12-35-13-11-33/h1-9,14-15H,10-13H2,(H,31,32)(H2,29,30,34). The normalized spacial score (nSPS) is 13.5. The monoisotopic (exact) mass is 476 g/mol. The van der Waals surface area contributed by atoms with Crippen LogP contribution in [-0.2, 0) is 4.74 Å². The first-order chi connectivity index (χ1) is 17.1. The molecule has 2 amide bonds. The van der Waals surface area contributed by atoms with Crippen molar-refractivity contribution in [3.63, 3.8) is 0 Å². The molecule has 1 fully saturated rings. The number of urea groups is 1. The molecule has 4 aromatic rings. The van der Waals surface area contributed by atoms with Crippen molar-refractivity contribution in [3.8, 4) is 22.5 Å². The lowest BCUT2D eigenvalue weighted by Gasteiger charge is -2.26. The van der Waals surface area contributed by atoms with Gasteiger partial charge in [-0.05, 0) is 36.4 Å². The summed E-state index contributed by atoms with van der Waals surface area (Å²) < 4.78 is 32.5. The zero-order valence-corrected chi connectivity index (χ0v) is 18.6. The molecule has 2 aromatic heterocycles. The molecule has 0 spiro atoms. The number of carbonyl (C=O) groups excluding carboxylic acids is 1. The van der Waals surface area contributed by atoms with Crippen molar-refractivity contribution < 1.29 is 18.3 Å². The van der Waals surface area contributed by atoms with Crippen LogP contribution in [0.25, 0.3) is 22.5 Å². The van der Waals surface area contributed by atoms with Gasteiger partial charge in [-0.2, -0.15) is 0 Å². The number of pyridine rings is 1. The molecule has 0 bridgehead atoms. The second kappa shape index (κ2) is 9.90. The molecule has 10 heteroatoms. The number of rotatable bonds is 5.